The van der Waals surface area contributed by atoms with E-state index in [0.717, 1.165) is 11.1 Å². The fraction of sp³-hybridized carbons (Fsp3) is 0.318. The Kier molecular flexibility index (Phi) is 7.40. The van der Waals surface area contributed by atoms with Crippen LogP contribution in [0.25, 0.3) is 0 Å². The number of nitrogens with one attached hydrogen (secondary N) is 1. The molecular weight excluding hydrogens is 388 g/mol. The standard InChI is InChI=1S/C22H24N2O6/c25-20(26)19(21(27)29-14-16-7-3-1-4-8-16)23-18-11-12-24(13-18)22(28)30-15-17-9-5-2-6-10-17/h1-10,18-19,23H,11-15H2,(H,25,26)/t18-,19?/m1/s1. The number of rotatable bonds is 8. The van der Waals surface area contributed by atoms with E-state index in [1.54, 1.807) is 24.3 Å². The third-order valence-corrected chi connectivity index (χ3v) is 4.76. The number of likely N-dealkylation sites (tertiary alicyclic amines) is 1. The topological polar surface area (TPSA) is 105 Å². The number of hydrogen-bond donors (Lipinski definition) is 2. The van der Waals surface area contributed by atoms with Gasteiger partial charge in [-0.3, -0.25) is 5.32 Å². The van der Waals surface area contributed by atoms with E-state index in [-0.39, 0.29) is 25.8 Å². The molecule has 0 aromatic heterocycles. The van der Waals surface area contributed by atoms with Gasteiger partial charge in [0.1, 0.15) is 13.2 Å². The van der Waals surface area contributed by atoms with Crippen LogP contribution in [0.5, 0.6) is 0 Å². The minimum Gasteiger partial charge on any atom is -0.480 e. The summed E-state index contributed by atoms with van der Waals surface area (Å²) >= 11 is 0. The molecule has 30 heavy (non-hydrogen) atoms. The minimum absolute atomic E-state index is 0.00621. The zero-order valence-corrected chi connectivity index (χ0v) is 16.4. The van der Waals surface area contributed by atoms with Gasteiger partial charge in [0, 0.05) is 19.1 Å². The first kappa shape index (κ1) is 21.3. The number of amides is 1. The third-order valence-electron chi connectivity index (χ3n) is 4.76. The monoisotopic (exact) mass is 412 g/mol. The molecule has 2 atom stereocenters. The first-order valence-electron chi connectivity index (χ1n) is 9.68. The summed E-state index contributed by atoms with van der Waals surface area (Å²) in [5, 5.41) is 12.2. The molecule has 0 saturated carbocycles. The van der Waals surface area contributed by atoms with Crippen molar-refractivity contribution in [2.75, 3.05) is 13.1 Å². The zero-order valence-electron chi connectivity index (χ0n) is 16.4. The molecule has 1 fully saturated rings. The normalized spacial score (nSPS) is 16.7. The quantitative estimate of drug-likeness (QED) is 0.506. The summed E-state index contributed by atoms with van der Waals surface area (Å²) in [5.41, 5.74) is 1.65. The number of aliphatic carboxylic acids is 1. The van der Waals surface area contributed by atoms with Crippen molar-refractivity contribution in [3.63, 3.8) is 0 Å². The van der Waals surface area contributed by atoms with Crippen LogP contribution < -0.4 is 5.32 Å². The van der Waals surface area contributed by atoms with Gasteiger partial charge in [-0.15, -0.1) is 0 Å². The molecule has 0 bridgehead atoms. The highest BCUT2D eigenvalue weighted by Gasteiger charge is 2.34. The molecule has 3 rings (SSSR count). The molecule has 8 nitrogen and oxygen atoms in total. The molecule has 1 saturated heterocycles. The molecule has 158 valence electrons. The number of hydrogen-bond acceptors (Lipinski definition) is 6. The van der Waals surface area contributed by atoms with Gasteiger partial charge in [0.25, 0.3) is 0 Å². The Morgan fingerprint density at radius 1 is 0.967 bits per heavy atom. The van der Waals surface area contributed by atoms with E-state index in [2.05, 4.69) is 5.32 Å². The smallest absolute Gasteiger partial charge is 0.410 e. The maximum atomic E-state index is 12.2. The van der Waals surface area contributed by atoms with E-state index < -0.39 is 24.1 Å². The molecule has 2 aromatic carbocycles. The lowest BCUT2D eigenvalue weighted by molar-refractivity contribution is -0.156. The Hall–Kier alpha value is -3.39. The number of esters is 1. The number of carbonyl (C=O) groups excluding carboxylic acids is 2. The van der Waals surface area contributed by atoms with Crippen molar-refractivity contribution < 1.29 is 29.0 Å². The number of nitrogens with zero attached hydrogens (tertiary/aromatic N) is 1. The molecule has 1 heterocycles. The highest BCUT2D eigenvalue weighted by Crippen LogP contribution is 2.13. The number of ether oxygens (including phenoxy) is 2. The number of carboxylic acids is 1. The summed E-state index contributed by atoms with van der Waals surface area (Å²) in [5.74, 6) is -2.19. The molecule has 8 heteroatoms. The van der Waals surface area contributed by atoms with Crippen LogP contribution >= 0.6 is 0 Å². The zero-order chi connectivity index (χ0) is 21.3. The van der Waals surface area contributed by atoms with Crippen LogP contribution in [0.2, 0.25) is 0 Å². The number of carboxylic acid groups (broad SMARTS) is 1. The molecule has 0 aliphatic carbocycles. The van der Waals surface area contributed by atoms with Gasteiger partial charge in [0.2, 0.25) is 6.04 Å². The van der Waals surface area contributed by atoms with Crippen molar-refractivity contribution in [3.8, 4) is 0 Å². The van der Waals surface area contributed by atoms with Gasteiger partial charge in [0.05, 0.1) is 0 Å². The predicted molar refractivity (Wildman–Crippen MR) is 107 cm³/mol. The number of benzene rings is 2. The van der Waals surface area contributed by atoms with Crippen LogP contribution in [0.3, 0.4) is 0 Å². The van der Waals surface area contributed by atoms with Gasteiger partial charge in [-0.25, -0.2) is 14.4 Å². The van der Waals surface area contributed by atoms with Crippen molar-refractivity contribution >= 4 is 18.0 Å². The molecule has 1 aliphatic heterocycles. The lowest BCUT2D eigenvalue weighted by Gasteiger charge is -2.20. The maximum Gasteiger partial charge on any atom is 0.410 e. The first-order valence-corrected chi connectivity index (χ1v) is 9.68. The lowest BCUT2D eigenvalue weighted by atomic mass is 10.2. The number of carbonyl (C=O) groups is 3. The molecule has 2 N–H and O–H groups in total. The molecule has 1 unspecified atom stereocenters. The first-order chi connectivity index (χ1) is 14.5. The Balaban J connectivity index is 1.47. The second-order valence-electron chi connectivity index (χ2n) is 7.00. The van der Waals surface area contributed by atoms with Crippen molar-refractivity contribution in [2.24, 2.45) is 0 Å². The van der Waals surface area contributed by atoms with E-state index in [0.29, 0.717) is 13.0 Å². The highest BCUT2D eigenvalue weighted by atomic mass is 16.6. The third kappa shape index (κ3) is 6.05. The Labute approximate surface area is 174 Å². The van der Waals surface area contributed by atoms with Crippen molar-refractivity contribution in [3.05, 3.63) is 71.8 Å². The lowest BCUT2D eigenvalue weighted by Crippen LogP contribution is -2.50. The van der Waals surface area contributed by atoms with E-state index >= 15 is 0 Å². The van der Waals surface area contributed by atoms with Crippen LogP contribution in [0.15, 0.2) is 60.7 Å². The maximum absolute atomic E-state index is 12.2. The molecule has 0 radical (unpaired) electrons. The van der Waals surface area contributed by atoms with Crippen LogP contribution in [-0.4, -0.2) is 53.2 Å². The Bertz CT molecular complexity index is 858. The van der Waals surface area contributed by atoms with Crippen LogP contribution in [0.1, 0.15) is 17.5 Å². The molecular formula is C22H24N2O6. The van der Waals surface area contributed by atoms with Gasteiger partial charge in [-0.2, -0.15) is 0 Å². The summed E-state index contributed by atoms with van der Waals surface area (Å²) in [6.07, 6.45) is 0.0394. The van der Waals surface area contributed by atoms with Gasteiger partial charge in [-0.05, 0) is 17.5 Å². The second-order valence-corrected chi connectivity index (χ2v) is 7.00. The van der Waals surface area contributed by atoms with E-state index in [4.69, 9.17) is 9.47 Å². The van der Waals surface area contributed by atoms with Gasteiger partial charge in [0.15, 0.2) is 0 Å². The Morgan fingerprint density at radius 2 is 1.53 bits per heavy atom. The van der Waals surface area contributed by atoms with Gasteiger partial charge in [-0.1, -0.05) is 60.7 Å². The summed E-state index contributed by atoms with van der Waals surface area (Å²) in [7, 11) is 0. The average Bonchev–Trinajstić information content (AvgIpc) is 3.24. The highest BCUT2D eigenvalue weighted by molar-refractivity contribution is 5.98. The van der Waals surface area contributed by atoms with E-state index in [9.17, 15) is 19.5 Å². The van der Waals surface area contributed by atoms with Crippen LogP contribution in [0, 0.1) is 0 Å². The van der Waals surface area contributed by atoms with Crippen LogP contribution in [0.4, 0.5) is 4.79 Å². The molecule has 2 aromatic rings. The largest absolute Gasteiger partial charge is 0.480 e. The fourth-order valence-corrected chi connectivity index (χ4v) is 3.16. The van der Waals surface area contributed by atoms with E-state index in [1.807, 2.05) is 36.4 Å². The van der Waals surface area contributed by atoms with Crippen molar-refractivity contribution in [1.82, 2.24) is 10.2 Å². The summed E-state index contributed by atoms with van der Waals surface area (Å²) in [4.78, 5) is 37.5. The predicted octanol–water partition coefficient (Wildman–Crippen LogP) is 2.18. The molecule has 1 aliphatic rings. The van der Waals surface area contributed by atoms with Crippen LogP contribution in [-0.2, 0) is 32.3 Å². The van der Waals surface area contributed by atoms with Crippen molar-refractivity contribution in [1.29, 1.82) is 0 Å². The van der Waals surface area contributed by atoms with Crippen molar-refractivity contribution in [2.45, 2.75) is 31.7 Å². The molecule has 0 spiro atoms. The molecule has 1 amide bonds. The van der Waals surface area contributed by atoms with Gasteiger partial charge >= 0.3 is 18.0 Å². The SMILES string of the molecule is O=C(O)C(N[C@@H]1CCN(C(=O)OCc2ccccc2)C1)C(=O)OCc1ccccc1. The fourth-order valence-electron chi connectivity index (χ4n) is 3.16. The summed E-state index contributed by atoms with van der Waals surface area (Å²) in [6.45, 7) is 0.825. The average molecular weight is 412 g/mol. The second kappa shape index (κ2) is 10.4. The van der Waals surface area contributed by atoms with Gasteiger partial charge < -0.3 is 19.5 Å². The van der Waals surface area contributed by atoms with E-state index in [1.165, 1.54) is 4.90 Å². The Morgan fingerprint density at radius 3 is 2.10 bits per heavy atom. The summed E-state index contributed by atoms with van der Waals surface area (Å²) < 4.78 is 10.4. The summed E-state index contributed by atoms with van der Waals surface area (Å²) in [6, 6.07) is 16.5. The minimum atomic E-state index is -1.50.